The lowest BCUT2D eigenvalue weighted by Gasteiger charge is -2.29. The summed E-state index contributed by atoms with van der Waals surface area (Å²) in [5.41, 5.74) is 4.66. The number of rotatable bonds is 8. The van der Waals surface area contributed by atoms with Crippen LogP contribution < -0.4 is 19.5 Å². The molecular weight excluding hydrogens is 524 g/mol. The van der Waals surface area contributed by atoms with E-state index in [0.29, 0.717) is 22.0 Å². The summed E-state index contributed by atoms with van der Waals surface area (Å²) in [6.07, 6.45) is 2.33. The molecule has 0 aliphatic carbocycles. The molecule has 1 N–H and O–H groups in total. The van der Waals surface area contributed by atoms with E-state index in [1.807, 2.05) is 66.7 Å². The van der Waals surface area contributed by atoms with E-state index in [4.69, 9.17) is 25.8 Å². The van der Waals surface area contributed by atoms with Crippen molar-refractivity contribution in [2.75, 3.05) is 39.7 Å². The van der Waals surface area contributed by atoms with E-state index in [0.717, 1.165) is 59.7 Å². The van der Waals surface area contributed by atoms with Crippen LogP contribution in [0.3, 0.4) is 0 Å². The highest BCUT2D eigenvalue weighted by Crippen LogP contribution is 2.34. The van der Waals surface area contributed by atoms with Gasteiger partial charge in [-0.25, -0.2) is 0 Å². The molecule has 40 heavy (non-hydrogen) atoms. The molecule has 0 radical (unpaired) electrons. The van der Waals surface area contributed by atoms with E-state index in [1.54, 1.807) is 32.4 Å². The number of carbonyl (C=O) groups excluding carboxylic acids is 1. The Balaban J connectivity index is 1.28. The van der Waals surface area contributed by atoms with Gasteiger partial charge in [-0.3, -0.25) is 4.79 Å². The molecule has 1 fully saturated rings. The van der Waals surface area contributed by atoms with E-state index in [2.05, 4.69) is 17.3 Å². The summed E-state index contributed by atoms with van der Waals surface area (Å²) in [4.78, 5) is 15.5. The van der Waals surface area contributed by atoms with Gasteiger partial charge < -0.3 is 24.4 Å². The molecule has 0 atom stereocenters. The number of benzene rings is 4. The minimum absolute atomic E-state index is 0.244. The zero-order valence-corrected chi connectivity index (χ0v) is 23.7. The second-order valence-corrected chi connectivity index (χ2v) is 10.3. The molecule has 1 saturated heterocycles. The van der Waals surface area contributed by atoms with Crippen molar-refractivity contribution in [3.8, 4) is 39.5 Å². The molecule has 206 valence electrons. The van der Waals surface area contributed by atoms with Crippen molar-refractivity contribution in [3.05, 3.63) is 95.5 Å². The third-order valence-electron chi connectivity index (χ3n) is 7.20. The normalized spacial score (nSPS) is 14.0. The van der Waals surface area contributed by atoms with Gasteiger partial charge in [-0.2, -0.15) is 0 Å². The molecule has 6 nitrogen and oxygen atoms in total. The van der Waals surface area contributed by atoms with Gasteiger partial charge in [0.05, 0.1) is 19.2 Å². The molecule has 0 spiro atoms. The molecule has 1 heterocycles. The fourth-order valence-electron chi connectivity index (χ4n) is 4.90. The van der Waals surface area contributed by atoms with Crippen molar-refractivity contribution >= 4 is 23.2 Å². The van der Waals surface area contributed by atoms with Crippen LogP contribution in [0.15, 0.2) is 84.9 Å². The molecular formula is C33H33ClN2O4. The highest BCUT2D eigenvalue weighted by Gasteiger charge is 2.18. The Morgan fingerprint density at radius 2 is 1.60 bits per heavy atom. The maximum atomic E-state index is 13.2. The molecule has 7 heteroatoms. The Labute approximate surface area is 240 Å². The average molecular weight is 557 g/mol. The first kappa shape index (κ1) is 27.6. The fourth-order valence-corrected chi connectivity index (χ4v) is 5.19. The van der Waals surface area contributed by atoms with Crippen LogP contribution in [0.25, 0.3) is 22.3 Å². The Bertz CT molecular complexity index is 1480. The van der Waals surface area contributed by atoms with Crippen LogP contribution >= 0.6 is 11.6 Å². The highest BCUT2D eigenvalue weighted by atomic mass is 35.5. The molecule has 0 aromatic heterocycles. The molecule has 1 aliphatic heterocycles. The van der Waals surface area contributed by atoms with Gasteiger partial charge in [0, 0.05) is 35.5 Å². The van der Waals surface area contributed by atoms with Gasteiger partial charge in [0.15, 0.2) is 0 Å². The largest absolute Gasteiger partial charge is 0.497 e. The number of likely N-dealkylation sites (tertiary alicyclic amines) is 1. The van der Waals surface area contributed by atoms with Crippen molar-refractivity contribution in [1.82, 2.24) is 4.90 Å². The summed E-state index contributed by atoms with van der Waals surface area (Å²) < 4.78 is 17.1. The number of nitrogens with zero attached hydrogens (tertiary/aromatic N) is 1. The number of anilines is 1. The van der Waals surface area contributed by atoms with E-state index in [-0.39, 0.29) is 12.0 Å². The van der Waals surface area contributed by atoms with E-state index < -0.39 is 0 Å². The van der Waals surface area contributed by atoms with E-state index >= 15 is 0 Å². The first-order valence-electron chi connectivity index (χ1n) is 13.3. The summed E-state index contributed by atoms with van der Waals surface area (Å²) >= 11 is 6.66. The first-order valence-corrected chi connectivity index (χ1v) is 13.7. The Hall–Kier alpha value is -4.00. The molecule has 0 saturated carbocycles. The fraction of sp³-hybridized carbons (Fsp3) is 0.242. The van der Waals surface area contributed by atoms with Crippen molar-refractivity contribution in [1.29, 1.82) is 0 Å². The number of methoxy groups -OCH3 is 2. The minimum atomic E-state index is -0.244. The number of carbonyl (C=O) groups is 1. The lowest BCUT2D eigenvalue weighted by molar-refractivity contribution is 0.102. The summed E-state index contributed by atoms with van der Waals surface area (Å²) in [6, 6.07) is 26.5. The van der Waals surface area contributed by atoms with Crippen LogP contribution in [0.2, 0.25) is 5.02 Å². The third kappa shape index (κ3) is 6.41. The number of halogens is 1. The zero-order valence-electron chi connectivity index (χ0n) is 22.9. The number of amides is 1. The lowest BCUT2D eigenvalue weighted by atomic mass is 10.0. The Kier molecular flexibility index (Phi) is 8.58. The quantitative estimate of drug-likeness (QED) is 0.245. The van der Waals surface area contributed by atoms with Crippen LogP contribution in [0.1, 0.15) is 23.2 Å². The maximum absolute atomic E-state index is 13.2. The van der Waals surface area contributed by atoms with Crippen LogP contribution in [0.5, 0.6) is 17.2 Å². The standard InChI is InChI=1S/C33H33ClN2O4/c1-36-17-15-27(16-18-36)40-26-11-7-22(8-12-26)29-13-10-25(21-31(29)34)35-33(37)24-9-14-32(39-3)30(20-24)23-5-4-6-28(19-23)38-2/h4-14,19-21,27H,15-18H2,1-3H3,(H,35,37). The number of piperidine rings is 1. The molecule has 5 rings (SSSR count). The number of ether oxygens (including phenoxy) is 3. The second kappa shape index (κ2) is 12.5. The molecule has 0 bridgehead atoms. The van der Waals surface area contributed by atoms with Gasteiger partial charge in [0.25, 0.3) is 5.91 Å². The molecule has 0 unspecified atom stereocenters. The minimum Gasteiger partial charge on any atom is -0.497 e. The maximum Gasteiger partial charge on any atom is 0.255 e. The van der Waals surface area contributed by atoms with Crippen LogP contribution in [0.4, 0.5) is 5.69 Å². The summed E-state index contributed by atoms with van der Waals surface area (Å²) in [6.45, 7) is 2.12. The Morgan fingerprint density at radius 3 is 2.30 bits per heavy atom. The van der Waals surface area contributed by atoms with E-state index in [9.17, 15) is 4.79 Å². The van der Waals surface area contributed by atoms with Crippen molar-refractivity contribution < 1.29 is 19.0 Å². The molecule has 4 aromatic carbocycles. The number of hydrogen-bond acceptors (Lipinski definition) is 5. The predicted molar refractivity (Wildman–Crippen MR) is 161 cm³/mol. The van der Waals surface area contributed by atoms with E-state index in [1.165, 1.54) is 0 Å². The highest BCUT2D eigenvalue weighted by molar-refractivity contribution is 6.33. The van der Waals surface area contributed by atoms with Crippen molar-refractivity contribution in [2.45, 2.75) is 18.9 Å². The van der Waals surface area contributed by atoms with Gasteiger partial charge in [-0.15, -0.1) is 0 Å². The van der Waals surface area contributed by atoms with Gasteiger partial charge in [-0.05, 0) is 85.6 Å². The molecule has 4 aromatic rings. The monoisotopic (exact) mass is 556 g/mol. The van der Waals surface area contributed by atoms with Gasteiger partial charge >= 0.3 is 0 Å². The smallest absolute Gasteiger partial charge is 0.255 e. The lowest BCUT2D eigenvalue weighted by Crippen LogP contribution is -2.35. The van der Waals surface area contributed by atoms with Gasteiger partial charge in [0.2, 0.25) is 0 Å². The molecule has 1 amide bonds. The summed E-state index contributed by atoms with van der Waals surface area (Å²) in [5.74, 6) is 2.01. The SMILES string of the molecule is COc1cccc(-c2cc(C(=O)Nc3ccc(-c4ccc(OC5CCN(C)CC5)cc4)c(Cl)c3)ccc2OC)c1. The first-order chi connectivity index (χ1) is 19.4. The third-order valence-corrected chi connectivity index (χ3v) is 7.52. The van der Waals surface area contributed by atoms with Gasteiger partial charge in [-0.1, -0.05) is 41.9 Å². The zero-order chi connectivity index (χ0) is 28.1. The number of nitrogens with one attached hydrogen (secondary N) is 1. The van der Waals surface area contributed by atoms with Gasteiger partial charge in [0.1, 0.15) is 23.4 Å². The van der Waals surface area contributed by atoms with Crippen LogP contribution in [-0.4, -0.2) is 51.3 Å². The average Bonchev–Trinajstić information content (AvgIpc) is 2.98. The molecule has 1 aliphatic rings. The number of hydrogen-bond donors (Lipinski definition) is 1. The topological polar surface area (TPSA) is 60.0 Å². The predicted octanol–water partition coefficient (Wildman–Crippen LogP) is 7.42. The summed E-state index contributed by atoms with van der Waals surface area (Å²) in [5, 5.41) is 3.51. The van der Waals surface area contributed by atoms with Crippen molar-refractivity contribution in [2.24, 2.45) is 0 Å². The van der Waals surface area contributed by atoms with Crippen LogP contribution in [-0.2, 0) is 0 Å². The van der Waals surface area contributed by atoms with Crippen LogP contribution in [0, 0.1) is 0 Å². The second-order valence-electron chi connectivity index (χ2n) is 9.94. The van der Waals surface area contributed by atoms with Crippen molar-refractivity contribution in [3.63, 3.8) is 0 Å². The summed E-state index contributed by atoms with van der Waals surface area (Å²) in [7, 11) is 5.37. The Morgan fingerprint density at radius 1 is 0.825 bits per heavy atom.